The molecule has 0 atom stereocenters. The van der Waals surface area contributed by atoms with Crippen LogP contribution in [0.25, 0.3) is 6.08 Å². The molecule has 0 aromatic heterocycles. The molecule has 0 heterocycles. The highest BCUT2D eigenvalue weighted by Gasteiger charge is 2.16. The van der Waals surface area contributed by atoms with Crippen molar-refractivity contribution in [1.29, 1.82) is 5.26 Å². The molecule has 9 heteroatoms. The average molecular weight is 588 g/mol. The minimum atomic E-state index is -0.595. The van der Waals surface area contributed by atoms with E-state index >= 15 is 0 Å². The number of methoxy groups -OCH3 is 1. The van der Waals surface area contributed by atoms with Crippen LogP contribution in [0.2, 0.25) is 5.02 Å². The minimum Gasteiger partial charge on any atom is -0.493 e. The molecule has 0 unspecified atom stereocenters. The molecular formula is C25H19ClIN3O4. The van der Waals surface area contributed by atoms with Crippen molar-refractivity contribution in [3.05, 3.63) is 86.5 Å². The Balaban J connectivity index is 1.75. The van der Waals surface area contributed by atoms with Crippen molar-refractivity contribution in [2.45, 2.75) is 0 Å². The van der Waals surface area contributed by atoms with Crippen LogP contribution in [-0.4, -0.2) is 25.5 Å². The number of rotatable bonds is 8. The fourth-order valence-electron chi connectivity index (χ4n) is 2.89. The largest absolute Gasteiger partial charge is 0.493 e. The molecule has 3 rings (SSSR count). The minimum absolute atomic E-state index is 0.117. The molecule has 2 amide bonds. The fraction of sp³-hybridized carbons (Fsp3) is 0.0800. The van der Waals surface area contributed by atoms with E-state index in [0.717, 1.165) is 0 Å². The maximum absolute atomic E-state index is 12.6. The number of anilines is 2. The molecule has 3 aromatic carbocycles. The van der Waals surface area contributed by atoms with Gasteiger partial charge in [-0.05, 0) is 70.6 Å². The lowest BCUT2D eigenvalue weighted by atomic mass is 10.1. The van der Waals surface area contributed by atoms with E-state index in [0.29, 0.717) is 37.0 Å². The number of amides is 2. The van der Waals surface area contributed by atoms with Crippen LogP contribution < -0.4 is 20.1 Å². The van der Waals surface area contributed by atoms with Crippen LogP contribution in [0.4, 0.5) is 11.4 Å². The second-order valence-corrected chi connectivity index (χ2v) is 8.41. The van der Waals surface area contributed by atoms with E-state index in [4.69, 9.17) is 21.1 Å². The first-order chi connectivity index (χ1) is 16.4. The molecule has 2 N–H and O–H groups in total. The van der Waals surface area contributed by atoms with Gasteiger partial charge in [0.25, 0.3) is 11.8 Å². The van der Waals surface area contributed by atoms with Gasteiger partial charge in [-0.2, -0.15) is 5.26 Å². The Morgan fingerprint density at radius 2 is 1.79 bits per heavy atom. The molecule has 0 aliphatic heterocycles. The summed E-state index contributed by atoms with van der Waals surface area (Å²) in [6, 6.07) is 21.0. The van der Waals surface area contributed by atoms with E-state index in [-0.39, 0.29) is 18.1 Å². The van der Waals surface area contributed by atoms with Crippen LogP contribution in [0, 0.1) is 14.9 Å². The summed E-state index contributed by atoms with van der Waals surface area (Å²) in [5.74, 6) is -0.185. The van der Waals surface area contributed by atoms with Crippen LogP contribution in [-0.2, 0) is 9.59 Å². The Bertz CT molecular complexity index is 1270. The van der Waals surface area contributed by atoms with Gasteiger partial charge in [-0.3, -0.25) is 9.59 Å². The summed E-state index contributed by atoms with van der Waals surface area (Å²) in [5.41, 5.74) is 1.50. The fourth-order valence-corrected chi connectivity index (χ4v) is 3.85. The molecular weight excluding hydrogens is 569 g/mol. The molecule has 0 fully saturated rings. The zero-order valence-corrected chi connectivity index (χ0v) is 20.9. The number of ether oxygens (including phenoxy) is 2. The Hall–Kier alpha value is -3.55. The average Bonchev–Trinajstić information content (AvgIpc) is 2.83. The Morgan fingerprint density at radius 3 is 2.47 bits per heavy atom. The van der Waals surface area contributed by atoms with Gasteiger partial charge in [0.1, 0.15) is 11.6 Å². The third-order valence-corrected chi connectivity index (χ3v) is 5.59. The van der Waals surface area contributed by atoms with Crippen LogP contribution in [0.1, 0.15) is 5.56 Å². The molecule has 0 radical (unpaired) electrons. The summed E-state index contributed by atoms with van der Waals surface area (Å²) >= 11 is 8.11. The van der Waals surface area contributed by atoms with Gasteiger partial charge in [0.2, 0.25) is 0 Å². The number of carbonyl (C=O) groups is 2. The van der Waals surface area contributed by atoms with Crippen LogP contribution in [0.3, 0.4) is 0 Å². The lowest BCUT2D eigenvalue weighted by Gasteiger charge is -2.14. The van der Waals surface area contributed by atoms with Crippen molar-refractivity contribution in [3.63, 3.8) is 0 Å². The first-order valence-electron chi connectivity index (χ1n) is 9.94. The number of hydrogen-bond donors (Lipinski definition) is 2. The van der Waals surface area contributed by atoms with Crippen LogP contribution in [0.5, 0.6) is 11.5 Å². The van der Waals surface area contributed by atoms with Crippen molar-refractivity contribution in [2.24, 2.45) is 0 Å². The maximum Gasteiger partial charge on any atom is 0.266 e. The number of benzene rings is 3. The normalized spacial score (nSPS) is 10.7. The van der Waals surface area contributed by atoms with E-state index in [9.17, 15) is 14.9 Å². The third-order valence-electron chi connectivity index (χ3n) is 4.46. The zero-order valence-electron chi connectivity index (χ0n) is 18.0. The summed E-state index contributed by atoms with van der Waals surface area (Å²) in [6.07, 6.45) is 1.43. The first-order valence-corrected chi connectivity index (χ1v) is 11.4. The monoisotopic (exact) mass is 587 g/mol. The number of para-hydroxylation sites is 2. The highest BCUT2D eigenvalue weighted by Crippen LogP contribution is 2.34. The summed E-state index contributed by atoms with van der Waals surface area (Å²) in [4.78, 5) is 24.8. The van der Waals surface area contributed by atoms with Crippen molar-refractivity contribution >= 4 is 63.5 Å². The van der Waals surface area contributed by atoms with Crippen LogP contribution in [0.15, 0.2) is 72.3 Å². The van der Waals surface area contributed by atoms with Gasteiger partial charge in [-0.15, -0.1) is 0 Å². The van der Waals surface area contributed by atoms with Gasteiger partial charge in [0.15, 0.2) is 18.1 Å². The molecule has 3 aromatic rings. The number of nitrogens with zero attached hydrogens (tertiary/aromatic N) is 1. The summed E-state index contributed by atoms with van der Waals surface area (Å²) in [7, 11) is 1.46. The number of halogens is 2. The first kappa shape index (κ1) is 25.1. The molecule has 0 spiro atoms. The maximum atomic E-state index is 12.6. The van der Waals surface area contributed by atoms with Crippen molar-refractivity contribution in [1.82, 2.24) is 0 Å². The predicted molar refractivity (Wildman–Crippen MR) is 140 cm³/mol. The van der Waals surface area contributed by atoms with Crippen molar-refractivity contribution in [3.8, 4) is 17.6 Å². The van der Waals surface area contributed by atoms with Gasteiger partial charge >= 0.3 is 0 Å². The molecule has 0 bridgehead atoms. The second kappa shape index (κ2) is 12.1. The molecule has 0 aliphatic carbocycles. The van der Waals surface area contributed by atoms with E-state index in [1.54, 1.807) is 48.5 Å². The second-order valence-electron chi connectivity index (χ2n) is 6.84. The van der Waals surface area contributed by atoms with E-state index in [1.165, 1.54) is 13.2 Å². The van der Waals surface area contributed by atoms with Gasteiger partial charge in [0.05, 0.1) is 21.4 Å². The predicted octanol–water partition coefficient (Wildman–Crippen LogP) is 5.52. The Labute approximate surface area is 215 Å². The van der Waals surface area contributed by atoms with Gasteiger partial charge in [-0.25, -0.2) is 0 Å². The number of nitriles is 1. The van der Waals surface area contributed by atoms with Gasteiger partial charge in [0, 0.05) is 5.69 Å². The van der Waals surface area contributed by atoms with E-state index in [2.05, 4.69) is 10.6 Å². The van der Waals surface area contributed by atoms with Crippen molar-refractivity contribution < 1.29 is 19.1 Å². The Kier molecular flexibility index (Phi) is 8.90. The van der Waals surface area contributed by atoms with Gasteiger partial charge < -0.3 is 20.1 Å². The SMILES string of the molecule is COc1cc(/C=C(\C#N)C(=O)Nc2ccccc2Cl)cc(I)c1OCC(=O)Nc1ccccc1. The molecule has 0 aliphatic rings. The molecule has 34 heavy (non-hydrogen) atoms. The van der Waals surface area contributed by atoms with E-state index in [1.807, 2.05) is 46.9 Å². The quantitative estimate of drug-likeness (QED) is 0.206. The topological polar surface area (TPSA) is 100 Å². The van der Waals surface area contributed by atoms with E-state index < -0.39 is 5.91 Å². The smallest absolute Gasteiger partial charge is 0.266 e. The lowest BCUT2D eigenvalue weighted by Crippen LogP contribution is -2.20. The van der Waals surface area contributed by atoms with Crippen LogP contribution >= 0.6 is 34.2 Å². The van der Waals surface area contributed by atoms with Crippen molar-refractivity contribution in [2.75, 3.05) is 24.4 Å². The molecule has 7 nitrogen and oxygen atoms in total. The summed E-state index contributed by atoms with van der Waals surface area (Å²) in [6.45, 7) is -0.222. The highest BCUT2D eigenvalue weighted by atomic mass is 127. The summed E-state index contributed by atoms with van der Waals surface area (Å²) < 4.78 is 11.7. The lowest BCUT2D eigenvalue weighted by molar-refractivity contribution is -0.118. The zero-order chi connectivity index (χ0) is 24.5. The molecule has 172 valence electrons. The number of hydrogen-bond acceptors (Lipinski definition) is 5. The van der Waals surface area contributed by atoms with Gasteiger partial charge in [-0.1, -0.05) is 41.9 Å². The molecule has 0 saturated carbocycles. The molecule has 0 saturated heterocycles. The highest BCUT2D eigenvalue weighted by molar-refractivity contribution is 14.1. The third kappa shape index (κ3) is 6.73. The number of carbonyl (C=O) groups excluding carboxylic acids is 2. The standard InChI is InChI=1S/C25H19ClIN3O4/c1-33-22-13-16(11-17(14-28)25(32)30-21-10-6-5-9-19(21)26)12-20(27)24(22)34-15-23(31)29-18-7-3-2-4-8-18/h2-13H,15H2,1H3,(H,29,31)(H,30,32)/b17-11+. The Morgan fingerprint density at radius 1 is 1.09 bits per heavy atom. The number of nitrogens with one attached hydrogen (secondary N) is 2. The summed E-state index contributed by atoms with van der Waals surface area (Å²) in [5, 5.41) is 15.2.